The van der Waals surface area contributed by atoms with E-state index >= 15 is 0 Å². The highest BCUT2D eigenvalue weighted by Crippen LogP contribution is 2.47. The number of ether oxygens (including phenoxy) is 2. The number of fused-ring (bicyclic) bond motifs is 3. The average Bonchev–Trinajstić information content (AvgIpc) is 3.19. The molecule has 0 aromatic heterocycles. The molecule has 0 N–H and O–H groups in total. The van der Waals surface area contributed by atoms with Crippen LogP contribution in [0.1, 0.15) is 35.4 Å². The van der Waals surface area contributed by atoms with Gasteiger partial charge in [-0.1, -0.05) is 30.3 Å². The van der Waals surface area contributed by atoms with Crippen LogP contribution in [0.25, 0.3) is 0 Å². The fourth-order valence-electron chi connectivity index (χ4n) is 3.87. The number of benzene rings is 3. The van der Waals surface area contributed by atoms with Gasteiger partial charge in [0.1, 0.15) is 17.3 Å². The second kappa shape index (κ2) is 6.68. The third kappa shape index (κ3) is 2.80. The zero-order valence-corrected chi connectivity index (χ0v) is 15.4. The van der Waals surface area contributed by atoms with Crippen molar-refractivity contribution in [1.29, 1.82) is 0 Å². The van der Waals surface area contributed by atoms with E-state index in [0.717, 1.165) is 40.3 Å². The first-order valence-electron chi connectivity index (χ1n) is 9.24. The summed E-state index contributed by atoms with van der Waals surface area (Å²) in [5.41, 5.74) is 3.88. The summed E-state index contributed by atoms with van der Waals surface area (Å²) in [5, 5.41) is 6.84. The van der Waals surface area contributed by atoms with Crippen LogP contribution in [0.2, 0.25) is 0 Å². The molecule has 28 heavy (non-hydrogen) atoms. The van der Waals surface area contributed by atoms with Crippen LogP contribution in [0, 0.1) is 5.82 Å². The first-order chi connectivity index (χ1) is 13.7. The monoisotopic (exact) mass is 374 g/mol. The lowest BCUT2D eigenvalue weighted by Crippen LogP contribution is -2.33. The van der Waals surface area contributed by atoms with Crippen molar-refractivity contribution < 1.29 is 13.9 Å². The average molecular weight is 374 g/mol. The molecule has 0 unspecified atom stereocenters. The Morgan fingerprint density at radius 1 is 1.04 bits per heavy atom. The van der Waals surface area contributed by atoms with E-state index in [2.05, 4.69) is 6.07 Å². The van der Waals surface area contributed by atoms with Gasteiger partial charge < -0.3 is 9.47 Å². The summed E-state index contributed by atoms with van der Waals surface area (Å²) >= 11 is 0. The maximum atomic E-state index is 13.9. The second-order valence-corrected chi connectivity index (χ2v) is 6.94. The summed E-state index contributed by atoms with van der Waals surface area (Å²) in [6.45, 7) is 0. The molecule has 0 saturated carbocycles. The summed E-state index contributed by atoms with van der Waals surface area (Å²) in [5.74, 6) is 1.35. The van der Waals surface area contributed by atoms with Crippen LogP contribution in [-0.2, 0) is 0 Å². The van der Waals surface area contributed by atoms with Gasteiger partial charge in [0, 0.05) is 17.5 Å². The molecular weight excluding hydrogens is 355 g/mol. The van der Waals surface area contributed by atoms with Gasteiger partial charge in [0.05, 0.1) is 18.9 Å². The molecule has 0 fully saturated rings. The van der Waals surface area contributed by atoms with Gasteiger partial charge in [0.25, 0.3) is 0 Å². The highest BCUT2D eigenvalue weighted by molar-refractivity contribution is 6.02. The van der Waals surface area contributed by atoms with Gasteiger partial charge in [-0.05, 0) is 48.0 Å². The highest BCUT2D eigenvalue weighted by Gasteiger charge is 2.40. The Hall–Kier alpha value is -3.34. The Bertz CT molecular complexity index is 1050. The Morgan fingerprint density at radius 3 is 2.64 bits per heavy atom. The Labute approximate surface area is 162 Å². The quantitative estimate of drug-likeness (QED) is 0.641. The number of nitrogens with zero attached hydrogens (tertiary/aromatic N) is 2. The third-order valence-corrected chi connectivity index (χ3v) is 5.26. The summed E-state index contributed by atoms with van der Waals surface area (Å²) in [4.78, 5) is 0. The second-order valence-electron chi connectivity index (χ2n) is 6.94. The maximum Gasteiger partial charge on any atom is 0.213 e. The van der Waals surface area contributed by atoms with Crippen LogP contribution in [0.4, 0.5) is 4.39 Å². The molecular formula is C23H19FN2O2. The molecule has 140 valence electrons. The van der Waals surface area contributed by atoms with Crippen LogP contribution in [0.15, 0.2) is 77.9 Å². The van der Waals surface area contributed by atoms with Crippen LogP contribution in [0.5, 0.6) is 11.5 Å². The Balaban J connectivity index is 1.57. The lowest BCUT2D eigenvalue weighted by atomic mass is 9.96. The van der Waals surface area contributed by atoms with Crippen molar-refractivity contribution in [3.8, 4) is 11.5 Å². The predicted molar refractivity (Wildman–Crippen MR) is 105 cm³/mol. The van der Waals surface area contributed by atoms with E-state index in [1.54, 1.807) is 13.2 Å². The molecule has 2 aliphatic rings. The van der Waals surface area contributed by atoms with Gasteiger partial charge in [0.2, 0.25) is 6.23 Å². The van der Waals surface area contributed by atoms with E-state index < -0.39 is 6.23 Å². The molecule has 3 aromatic carbocycles. The van der Waals surface area contributed by atoms with Crippen LogP contribution < -0.4 is 9.47 Å². The van der Waals surface area contributed by atoms with Crippen molar-refractivity contribution in [2.75, 3.05) is 7.11 Å². The van der Waals surface area contributed by atoms with Crippen molar-refractivity contribution in [1.82, 2.24) is 5.01 Å². The van der Waals surface area contributed by atoms with Gasteiger partial charge in [0.15, 0.2) is 0 Å². The molecule has 0 saturated heterocycles. The fourth-order valence-corrected chi connectivity index (χ4v) is 3.87. The van der Waals surface area contributed by atoms with Crippen molar-refractivity contribution in [2.45, 2.75) is 18.7 Å². The molecule has 0 radical (unpaired) electrons. The molecule has 0 amide bonds. The zero-order chi connectivity index (χ0) is 19.1. The van der Waals surface area contributed by atoms with Crippen LogP contribution in [-0.4, -0.2) is 17.8 Å². The minimum atomic E-state index is -0.466. The highest BCUT2D eigenvalue weighted by atomic mass is 19.1. The maximum absolute atomic E-state index is 13.9. The van der Waals surface area contributed by atoms with E-state index in [0.29, 0.717) is 0 Å². The number of hydrogen-bond donors (Lipinski definition) is 0. The van der Waals surface area contributed by atoms with Gasteiger partial charge in [-0.25, -0.2) is 9.40 Å². The standard InChI is InChI=1S/C23H19FN2O2/c1-27-18-11-9-15(10-12-18)20-14-21-19-7-2-3-8-22(19)28-23(26(21)25-20)16-5-4-6-17(24)13-16/h2-13,21,23H,14H2,1H3/t21-,23+/m1/s1. The molecule has 5 rings (SSSR count). The fraction of sp³-hybridized carbons (Fsp3) is 0.174. The Kier molecular flexibility index (Phi) is 4.01. The van der Waals surface area contributed by atoms with Crippen LogP contribution in [0.3, 0.4) is 0 Å². The molecule has 3 aromatic rings. The smallest absolute Gasteiger partial charge is 0.213 e. The predicted octanol–water partition coefficient (Wildman–Crippen LogP) is 5.08. The number of hydrogen-bond acceptors (Lipinski definition) is 4. The Morgan fingerprint density at radius 2 is 1.86 bits per heavy atom. The summed E-state index contributed by atoms with van der Waals surface area (Å²) < 4.78 is 25.3. The van der Waals surface area contributed by atoms with Crippen molar-refractivity contribution >= 4 is 5.71 Å². The van der Waals surface area contributed by atoms with Crippen LogP contribution >= 0.6 is 0 Å². The molecule has 4 nitrogen and oxygen atoms in total. The lowest BCUT2D eigenvalue weighted by Gasteiger charge is -2.38. The van der Waals surface area contributed by atoms with E-state index in [1.165, 1.54) is 12.1 Å². The summed E-state index contributed by atoms with van der Waals surface area (Å²) in [6.07, 6.45) is 0.296. The minimum absolute atomic E-state index is 0.0512. The van der Waals surface area contributed by atoms with Crippen molar-refractivity contribution in [3.63, 3.8) is 0 Å². The summed E-state index contributed by atoms with van der Waals surface area (Å²) in [7, 11) is 1.65. The summed E-state index contributed by atoms with van der Waals surface area (Å²) in [6, 6.07) is 22.5. The molecule has 0 bridgehead atoms. The van der Waals surface area contributed by atoms with Gasteiger partial charge in [-0.3, -0.25) is 0 Å². The van der Waals surface area contributed by atoms with Gasteiger partial charge >= 0.3 is 0 Å². The molecule has 0 spiro atoms. The minimum Gasteiger partial charge on any atom is -0.497 e. The van der Waals surface area contributed by atoms with E-state index in [9.17, 15) is 4.39 Å². The zero-order valence-electron chi connectivity index (χ0n) is 15.4. The van der Waals surface area contributed by atoms with Gasteiger partial charge in [-0.15, -0.1) is 0 Å². The largest absolute Gasteiger partial charge is 0.497 e. The lowest BCUT2D eigenvalue weighted by molar-refractivity contribution is -0.0192. The van der Waals surface area contributed by atoms with E-state index in [4.69, 9.17) is 14.6 Å². The number of methoxy groups -OCH3 is 1. The first kappa shape index (κ1) is 16.8. The molecule has 2 heterocycles. The van der Waals surface area contributed by atoms with Crippen molar-refractivity contribution in [2.24, 2.45) is 5.10 Å². The SMILES string of the molecule is COc1ccc(C2=NN3[C@H](C2)c2ccccc2O[C@H]3c2cccc(F)c2)cc1. The molecule has 5 heteroatoms. The number of hydrazone groups is 1. The molecule has 2 aliphatic heterocycles. The normalized spacial score (nSPS) is 20.1. The molecule has 0 aliphatic carbocycles. The number of para-hydroxylation sites is 1. The van der Waals surface area contributed by atoms with E-state index in [1.807, 2.05) is 53.5 Å². The number of rotatable bonds is 3. The van der Waals surface area contributed by atoms with E-state index in [-0.39, 0.29) is 11.9 Å². The number of halogens is 1. The topological polar surface area (TPSA) is 34.1 Å². The third-order valence-electron chi connectivity index (χ3n) is 5.26. The molecule has 2 atom stereocenters. The van der Waals surface area contributed by atoms with Gasteiger partial charge in [-0.2, -0.15) is 5.10 Å². The first-order valence-corrected chi connectivity index (χ1v) is 9.24. The van der Waals surface area contributed by atoms with Crippen molar-refractivity contribution in [3.05, 3.63) is 95.3 Å².